The molecule has 1 fully saturated rings. The summed E-state index contributed by atoms with van der Waals surface area (Å²) in [6, 6.07) is 8.29. The highest BCUT2D eigenvalue weighted by atomic mass is 16.4. The molecule has 1 aromatic carbocycles. The molecule has 0 spiro atoms. The summed E-state index contributed by atoms with van der Waals surface area (Å²) in [5.41, 5.74) is 7.57. The molecule has 4 heteroatoms. The van der Waals surface area contributed by atoms with Crippen molar-refractivity contribution in [3.8, 4) is 0 Å². The molecule has 1 aliphatic rings. The molecular weight excluding hydrogens is 238 g/mol. The Morgan fingerprint density at radius 3 is 2.79 bits per heavy atom. The average molecular weight is 261 g/mol. The van der Waals surface area contributed by atoms with Crippen LogP contribution in [0.3, 0.4) is 0 Å². The number of rotatable bonds is 5. The van der Waals surface area contributed by atoms with Gasteiger partial charge in [-0.1, -0.05) is 42.3 Å². The molecule has 1 unspecified atom stereocenters. The van der Waals surface area contributed by atoms with E-state index in [-0.39, 0.29) is 5.84 Å². The first kappa shape index (κ1) is 13.9. The number of benzene rings is 1. The van der Waals surface area contributed by atoms with E-state index in [2.05, 4.69) is 17.4 Å². The number of nitrogens with two attached hydrogens (primary N) is 1. The van der Waals surface area contributed by atoms with Gasteiger partial charge in [0.2, 0.25) is 0 Å². The summed E-state index contributed by atoms with van der Waals surface area (Å²) in [6.45, 7) is 3.01. The van der Waals surface area contributed by atoms with Gasteiger partial charge in [-0.2, -0.15) is 0 Å². The number of oxime groups is 1. The minimum atomic E-state index is 0.172. The monoisotopic (exact) mass is 261 g/mol. The van der Waals surface area contributed by atoms with E-state index in [4.69, 9.17) is 10.9 Å². The van der Waals surface area contributed by atoms with Crippen LogP contribution in [0.2, 0.25) is 0 Å². The zero-order valence-electron chi connectivity index (χ0n) is 11.5. The Hall–Kier alpha value is -1.55. The topological polar surface area (TPSA) is 70.6 Å². The van der Waals surface area contributed by atoms with Gasteiger partial charge in [0.05, 0.1) is 0 Å². The summed E-state index contributed by atoms with van der Waals surface area (Å²) in [5, 5.41) is 15.5. The molecular formula is C15H23N3O. The van der Waals surface area contributed by atoms with Crippen molar-refractivity contribution in [2.75, 3.05) is 0 Å². The fourth-order valence-corrected chi connectivity index (χ4v) is 2.87. The molecule has 4 N–H and O–H groups in total. The van der Waals surface area contributed by atoms with Gasteiger partial charge in [-0.3, -0.25) is 0 Å². The molecule has 1 saturated carbocycles. The number of nitrogens with zero attached hydrogens (tertiary/aromatic N) is 1. The van der Waals surface area contributed by atoms with Gasteiger partial charge in [0.1, 0.15) is 0 Å². The van der Waals surface area contributed by atoms with E-state index in [9.17, 15) is 0 Å². The van der Waals surface area contributed by atoms with E-state index in [1.165, 1.54) is 25.7 Å². The number of hydrogen-bond donors (Lipinski definition) is 3. The van der Waals surface area contributed by atoms with E-state index in [0.717, 1.165) is 23.6 Å². The maximum absolute atomic E-state index is 8.81. The third-order valence-corrected chi connectivity index (χ3v) is 4.12. The molecule has 0 saturated heterocycles. The molecule has 0 radical (unpaired) electrons. The van der Waals surface area contributed by atoms with Crippen LogP contribution >= 0.6 is 0 Å². The van der Waals surface area contributed by atoms with E-state index in [1.54, 1.807) is 0 Å². The maximum atomic E-state index is 8.81. The minimum absolute atomic E-state index is 0.172. The molecule has 0 amide bonds. The van der Waals surface area contributed by atoms with Crippen molar-refractivity contribution in [3.63, 3.8) is 0 Å². The molecule has 0 bridgehead atoms. The Bertz CT molecular complexity index is 439. The quantitative estimate of drug-likeness (QED) is 0.330. The minimum Gasteiger partial charge on any atom is -0.409 e. The molecule has 1 aliphatic carbocycles. The summed E-state index contributed by atoms with van der Waals surface area (Å²) in [7, 11) is 0. The van der Waals surface area contributed by atoms with Crippen LogP contribution in [0.4, 0.5) is 0 Å². The highest BCUT2D eigenvalue weighted by Gasteiger charge is 2.21. The second-order valence-electron chi connectivity index (χ2n) is 5.36. The van der Waals surface area contributed by atoms with Crippen LogP contribution in [-0.2, 0) is 6.54 Å². The Balaban J connectivity index is 1.99. The second-order valence-corrected chi connectivity index (χ2v) is 5.36. The smallest absolute Gasteiger partial charge is 0.170 e. The first-order valence-electron chi connectivity index (χ1n) is 7.01. The van der Waals surface area contributed by atoms with Gasteiger partial charge in [-0.05, 0) is 31.2 Å². The van der Waals surface area contributed by atoms with Crippen LogP contribution in [0.25, 0.3) is 0 Å². The molecule has 0 heterocycles. The van der Waals surface area contributed by atoms with Crippen LogP contribution in [0.15, 0.2) is 29.4 Å². The van der Waals surface area contributed by atoms with Crippen LogP contribution in [0, 0.1) is 5.92 Å². The highest BCUT2D eigenvalue weighted by Crippen LogP contribution is 2.27. The molecule has 19 heavy (non-hydrogen) atoms. The van der Waals surface area contributed by atoms with Gasteiger partial charge < -0.3 is 16.3 Å². The zero-order chi connectivity index (χ0) is 13.7. The SMILES string of the molecule is CC(NCc1ccccc1C(N)=NO)C1CCCC1. The largest absolute Gasteiger partial charge is 0.409 e. The highest BCUT2D eigenvalue weighted by molar-refractivity contribution is 5.98. The molecule has 0 aliphatic heterocycles. The Morgan fingerprint density at radius 1 is 1.42 bits per heavy atom. The van der Waals surface area contributed by atoms with Crippen LogP contribution < -0.4 is 11.1 Å². The molecule has 2 rings (SSSR count). The van der Waals surface area contributed by atoms with Gasteiger partial charge in [0, 0.05) is 18.2 Å². The lowest BCUT2D eigenvalue weighted by Crippen LogP contribution is -2.32. The van der Waals surface area contributed by atoms with E-state index in [1.807, 2.05) is 24.3 Å². The number of amidine groups is 1. The molecule has 4 nitrogen and oxygen atoms in total. The fraction of sp³-hybridized carbons (Fsp3) is 0.533. The number of hydrogen-bond acceptors (Lipinski definition) is 3. The lowest BCUT2D eigenvalue weighted by molar-refractivity contribution is 0.318. The van der Waals surface area contributed by atoms with Crippen LogP contribution in [0.5, 0.6) is 0 Å². The maximum Gasteiger partial charge on any atom is 0.170 e. The van der Waals surface area contributed by atoms with Gasteiger partial charge in [0.25, 0.3) is 0 Å². The van der Waals surface area contributed by atoms with Gasteiger partial charge in [-0.25, -0.2) is 0 Å². The lowest BCUT2D eigenvalue weighted by atomic mass is 9.99. The number of nitrogens with one attached hydrogen (secondary N) is 1. The Labute approximate surface area is 114 Å². The summed E-state index contributed by atoms with van der Waals surface area (Å²) in [6.07, 6.45) is 5.38. The van der Waals surface area contributed by atoms with Crippen molar-refractivity contribution in [1.29, 1.82) is 0 Å². The van der Waals surface area contributed by atoms with E-state index < -0.39 is 0 Å². The lowest BCUT2D eigenvalue weighted by Gasteiger charge is -2.21. The summed E-state index contributed by atoms with van der Waals surface area (Å²) >= 11 is 0. The summed E-state index contributed by atoms with van der Waals surface area (Å²) in [4.78, 5) is 0. The van der Waals surface area contributed by atoms with Gasteiger partial charge >= 0.3 is 0 Å². The third-order valence-electron chi connectivity index (χ3n) is 4.12. The molecule has 1 atom stereocenters. The normalized spacial score (nSPS) is 18.7. The molecule has 0 aromatic heterocycles. The van der Waals surface area contributed by atoms with E-state index >= 15 is 0 Å². The Kier molecular flexibility index (Phi) is 4.80. The van der Waals surface area contributed by atoms with Crippen molar-refractivity contribution in [2.45, 2.75) is 45.2 Å². The predicted molar refractivity (Wildman–Crippen MR) is 77.2 cm³/mol. The summed E-state index contributed by atoms with van der Waals surface area (Å²) < 4.78 is 0. The standard InChI is InChI=1S/C15H23N3O/c1-11(12-6-2-3-7-12)17-10-13-8-4-5-9-14(13)15(16)18-19/h4-5,8-9,11-12,17,19H,2-3,6-7,10H2,1H3,(H2,16,18). The first-order chi connectivity index (χ1) is 9.22. The summed E-state index contributed by atoms with van der Waals surface area (Å²) in [5.74, 6) is 0.960. The van der Waals surface area contributed by atoms with Crippen LogP contribution in [-0.4, -0.2) is 17.1 Å². The zero-order valence-corrected chi connectivity index (χ0v) is 11.5. The van der Waals surface area contributed by atoms with E-state index in [0.29, 0.717) is 6.04 Å². The van der Waals surface area contributed by atoms with Crippen molar-refractivity contribution in [3.05, 3.63) is 35.4 Å². The predicted octanol–water partition coefficient (Wildman–Crippen LogP) is 2.45. The van der Waals surface area contributed by atoms with Crippen molar-refractivity contribution in [1.82, 2.24) is 5.32 Å². The van der Waals surface area contributed by atoms with Crippen LogP contribution in [0.1, 0.15) is 43.7 Å². The average Bonchev–Trinajstić information content (AvgIpc) is 2.98. The van der Waals surface area contributed by atoms with Crippen molar-refractivity contribution >= 4 is 5.84 Å². The molecule has 1 aromatic rings. The van der Waals surface area contributed by atoms with Gasteiger partial charge in [0.15, 0.2) is 5.84 Å². The van der Waals surface area contributed by atoms with Gasteiger partial charge in [-0.15, -0.1) is 0 Å². The third kappa shape index (κ3) is 3.47. The fourth-order valence-electron chi connectivity index (χ4n) is 2.87. The molecule has 104 valence electrons. The van der Waals surface area contributed by atoms with Crippen molar-refractivity contribution in [2.24, 2.45) is 16.8 Å². The van der Waals surface area contributed by atoms with Crippen molar-refractivity contribution < 1.29 is 5.21 Å². The Morgan fingerprint density at radius 2 is 2.11 bits per heavy atom. The second kappa shape index (κ2) is 6.57. The first-order valence-corrected chi connectivity index (χ1v) is 7.01.